The smallest absolute Gasteiger partial charge is 0.267 e. The normalized spacial score (nSPS) is 14.2. The van der Waals surface area contributed by atoms with Gasteiger partial charge in [-0.2, -0.15) is 9.57 Å². The Balaban J connectivity index is 1.62. The van der Waals surface area contributed by atoms with E-state index in [0.29, 0.717) is 24.2 Å². The van der Waals surface area contributed by atoms with Gasteiger partial charge in [0.25, 0.3) is 11.8 Å². The fourth-order valence-corrected chi connectivity index (χ4v) is 4.54. The topological polar surface area (TPSA) is 119 Å². The summed E-state index contributed by atoms with van der Waals surface area (Å²) >= 11 is 0. The van der Waals surface area contributed by atoms with E-state index in [-0.39, 0.29) is 16.9 Å². The molecule has 8 nitrogen and oxygen atoms in total. The van der Waals surface area contributed by atoms with Crippen LogP contribution in [0.3, 0.4) is 0 Å². The Bertz CT molecular complexity index is 1050. The molecule has 0 atom stereocenters. The zero-order valence-electron chi connectivity index (χ0n) is 15.6. The third-order valence-corrected chi connectivity index (χ3v) is 6.49. The molecule has 2 aromatic rings. The van der Waals surface area contributed by atoms with Gasteiger partial charge in [0.2, 0.25) is 10.0 Å². The van der Waals surface area contributed by atoms with Crippen molar-refractivity contribution in [2.75, 3.05) is 13.1 Å². The number of sulfonamides is 1. The SMILES string of the molecule is N#CCc1cccc(C(=O)NNC(=O)c2ccc(S(=O)(=O)N3CCCC3)cc2)c1. The first-order chi connectivity index (χ1) is 13.9. The Hall–Kier alpha value is -3.22. The lowest BCUT2D eigenvalue weighted by atomic mass is 10.1. The van der Waals surface area contributed by atoms with E-state index in [1.807, 2.05) is 6.07 Å². The second-order valence-corrected chi connectivity index (χ2v) is 8.52. The lowest BCUT2D eigenvalue weighted by molar-refractivity contribution is 0.0846. The molecule has 0 bridgehead atoms. The Morgan fingerprint density at radius 2 is 1.59 bits per heavy atom. The van der Waals surface area contributed by atoms with Gasteiger partial charge in [-0.05, 0) is 54.8 Å². The number of nitriles is 1. The third-order valence-electron chi connectivity index (χ3n) is 4.58. The summed E-state index contributed by atoms with van der Waals surface area (Å²) in [6, 6.07) is 14.1. The molecule has 150 valence electrons. The molecule has 1 saturated heterocycles. The van der Waals surface area contributed by atoms with Gasteiger partial charge in [0.05, 0.1) is 17.4 Å². The summed E-state index contributed by atoms with van der Waals surface area (Å²) in [5.41, 5.74) is 5.82. The van der Waals surface area contributed by atoms with Gasteiger partial charge in [-0.3, -0.25) is 20.4 Å². The molecule has 1 aliphatic rings. The van der Waals surface area contributed by atoms with Crippen LogP contribution in [-0.4, -0.2) is 37.6 Å². The predicted molar refractivity (Wildman–Crippen MR) is 105 cm³/mol. The van der Waals surface area contributed by atoms with Crippen LogP contribution in [0.15, 0.2) is 53.4 Å². The summed E-state index contributed by atoms with van der Waals surface area (Å²) in [5, 5.41) is 8.73. The van der Waals surface area contributed by atoms with E-state index in [4.69, 9.17) is 5.26 Å². The molecule has 0 spiro atoms. The van der Waals surface area contributed by atoms with Crippen molar-refractivity contribution < 1.29 is 18.0 Å². The Kier molecular flexibility index (Phi) is 6.26. The molecular formula is C20H20N4O4S. The number of amides is 2. The average Bonchev–Trinajstić information content (AvgIpc) is 3.28. The number of hydrogen-bond donors (Lipinski definition) is 2. The minimum Gasteiger partial charge on any atom is -0.267 e. The van der Waals surface area contributed by atoms with Crippen molar-refractivity contribution >= 4 is 21.8 Å². The maximum atomic E-state index is 12.5. The molecule has 2 amide bonds. The largest absolute Gasteiger partial charge is 0.269 e. The summed E-state index contributed by atoms with van der Waals surface area (Å²) in [7, 11) is -3.54. The quantitative estimate of drug-likeness (QED) is 0.723. The molecule has 1 aliphatic heterocycles. The average molecular weight is 412 g/mol. The second kappa shape index (κ2) is 8.86. The van der Waals surface area contributed by atoms with E-state index < -0.39 is 21.8 Å². The second-order valence-electron chi connectivity index (χ2n) is 6.58. The summed E-state index contributed by atoms with van der Waals surface area (Å²) < 4.78 is 26.5. The zero-order chi connectivity index (χ0) is 20.9. The van der Waals surface area contributed by atoms with Gasteiger partial charge >= 0.3 is 0 Å². The van der Waals surface area contributed by atoms with Crippen LogP contribution in [0.5, 0.6) is 0 Å². The Morgan fingerprint density at radius 1 is 0.966 bits per heavy atom. The van der Waals surface area contributed by atoms with Crippen molar-refractivity contribution in [1.82, 2.24) is 15.2 Å². The summed E-state index contributed by atoms with van der Waals surface area (Å²) in [4.78, 5) is 24.5. The van der Waals surface area contributed by atoms with E-state index in [1.54, 1.807) is 24.3 Å². The number of carbonyl (C=O) groups excluding carboxylic acids is 2. The monoisotopic (exact) mass is 412 g/mol. The van der Waals surface area contributed by atoms with Gasteiger partial charge in [0.1, 0.15) is 0 Å². The minimum atomic E-state index is -3.54. The van der Waals surface area contributed by atoms with Crippen molar-refractivity contribution in [3.8, 4) is 6.07 Å². The number of hydrogen-bond acceptors (Lipinski definition) is 5. The van der Waals surface area contributed by atoms with Crippen LogP contribution in [0, 0.1) is 11.3 Å². The van der Waals surface area contributed by atoms with Crippen LogP contribution in [0.25, 0.3) is 0 Å². The van der Waals surface area contributed by atoms with Gasteiger partial charge in [-0.15, -0.1) is 0 Å². The fourth-order valence-electron chi connectivity index (χ4n) is 3.03. The van der Waals surface area contributed by atoms with Crippen LogP contribution in [0.1, 0.15) is 39.1 Å². The number of benzene rings is 2. The molecule has 1 heterocycles. The fraction of sp³-hybridized carbons (Fsp3) is 0.250. The van der Waals surface area contributed by atoms with Gasteiger partial charge < -0.3 is 0 Å². The van der Waals surface area contributed by atoms with Crippen LogP contribution in [0.2, 0.25) is 0 Å². The van der Waals surface area contributed by atoms with Crippen LogP contribution < -0.4 is 10.9 Å². The molecule has 3 rings (SSSR count). The lowest BCUT2D eigenvalue weighted by Crippen LogP contribution is -2.41. The van der Waals surface area contributed by atoms with Gasteiger partial charge in [-0.1, -0.05) is 12.1 Å². The molecular weight excluding hydrogens is 392 g/mol. The van der Waals surface area contributed by atoms with Crippen molar-refractivity contribution in [3.05, 3.63) is 65.2 Å². The Morgan fingerprint density at radius 3 is 2.21 bits per heavy atom. The Labute approximate surface area is 169 Å². The molecule has 2 N–H and O–H groups in total. The van der Waals surface area contributed by atoms with Crippen molar-refractivity contribution in [1.29, 1.82) is 5.26 Å². The maximum Gasteiger partial charge on any atom is 0.269 e. The number of nitrogens with one attached hydrogen (secondary N) is 2. The third kappa shape index (κ3) is 4.80. The van der Waals surface area contributed by atoms with E-state index >= 15 is 0 Å². The van der Waals surface area contributed by atoms with E-state index in [2.05, 4.69) is 10.9 Å². The molecule has 1 fully saturated rings. The van der Waals surface area contributed by atoms with Crippen molar-refractivity contribution in [3.63, 3.8) is 0 Å². The highest BCUT2D eigenvalue weighted by molar-refractivity contribution is 7.89. The summed E-state index contributed by atoms with van der Waals surface area (Å²) in [6.07, 6.45) is 1.87. The molecule has 2 aromatic carbocycles. The first-order valence-electron chi connectivity index (χ1n) is 9.08. The van der Waals surface area contributed by atoms with Gasteiger partial charge in [-0.25, -0.2) is 8.42 Å². The molecule has 0 unspecified atom stereocenters. The summed E-state index contributed by atoms with van der Waals surface area (Å²) in [6.45, 7) is 1.01. The van der Waals surface area contributed by atoms with Crippen LogP contribution in [0.4, 0.5) is 0 Å². The van der Waals surface area contributed by atoms with Crippen molar-refractivity contribution in [2.45, 2.75) is 24.2 Å². The molecule has 0 aromatic heterocycles. The number of hydrazine groups is 1. The number of rotatable bonds is 5. The first-order valence-corrected chi connectivity index (χ1v) is 10.5. The predicted octanol–water partition coefficient (Wildman–Crippen LogP) is 1.61. The molecule has 0 aliphatic carbocycles. The van der Waals surface area contributed by atoms with Gasteiger partial charge in [0, 0.05) is 24.2 Å². The zero-order valence-corrected chi connectivity index (χ0v) is 16.4. The maximum absolute atomic E-state index is 12.5. The lowest BCUT2D eigenvalue weighted by Gasteiger charge is -2.15. The highest BCUT2D eigenvalue weighted by atomic mass is 32.2. The first kappa shape index (κ1) is 20.5. The van der Waals surface area contributed by atoms with E-state index in [0.717, 1.165) is 12.8 Å². The molecule has 29 heavy (non-hydrogen) atoms. The van der Waals surface area contributed by atoms with E-state index in [9.17, 15) is 18.0 Å². The summed E-state index contributed by atoms with van der Waals surface area (Å²) in [5.74, 6) is -1.09. The highest BCUT2D eigenvalue weighted by Gasteiger charge is 2.27. The van der Waals surface area contributed by atoms with Gasteiger partial charge in [0.15, 0.2) is 0 Å². The van der Waals surface area contributed by atoms with Crippen LogP contribution >= 0.6 is 0 Å². The minimum absolute atomic E-state index is 0.134. The van der Waals surface area contributed by atoms with E-state index in [1.165, 1.54) is 28.6 Å². The molecule has 9 heteroatoms. The standard InChI is InChI=1S/C20H20N4O4S/c21-11-10-15-4-3-5-17(14-15)20(26)23-22-19(25)16-6-8-18(9-7-16)29(27,28)24-12-1-2-13-24/h3-9,14H,1-2,10,12-13H2,(H,22,25)(H,23,26). The number of nitrogens with zero attached hydrogens (tertiary/aromatic N) is 2. The van der Waals surface area contributed by atoms with Crippen molar-refractivity contribution in [2.24, 2.45) is 0 Å². The highest BCUT2D eigenvalue weighted by Crippen LogP contribution is 2.21. The molecule has 0 saturated carbocycles. The van der Waals surface area contributed by atoms with Crippen LogP contribution in [-0.2, 0) is 16.4 Å². The number of carbonyl (C=O) groups is 2. The molecule has 0 radical (unpaired) electrons.